The number of carbonyl (C=O) groups excluding carboxylic acids is 1. The Kier molecular flexibility index (Phi) is 3.61. The topological polar surface area (TPSA) is 81.6 Å². The molecule has 0 radical (unpaired) electrons. The fourth-order valence-corrected chi connectivity index (χ4v) is 2.96. The highest BCUT2D eigenvalue weighted by atomic mass is 16.2. The Labute approximate surface area is 123 Å². The number of nitriles is 1. The molecule has 5 heteroatoms. The van der Waals surface area contributed by atoms with Gasteiger partial charge in [0, 0.05) is 13.0 Å². The van der Waals surface area contributed by atoms with E-state index in [2.05, 4.69) is 21.4 Å². The van der Waals surface area contributed by atoms with Crippen LogP contribution in [0.1, 0.15) is 31.5 Å². The predicted octanol–water partition coefficient (Wildman–Crippen LogP) is 2.31. The lowest BCUT2D eigenvalue weighted by Crippen LogP contribution is -2.39. The standard InChI is InChI=1S/C16H18N4O/c17-11-16(8-3-4-9-16)15(21)18-10-7-14-19-12-5-1-2-6-13(12)20-14/h1-2,5-6H,3-4,7-10H2,(H,18,21)(H,19,20). The molecule has 0 bridgehead atoms. The molecular formula is C16H18N4O. The van der Waals surface area contributed by atoms with Crippen molar-refractivity contribution in [1.29, 1.82) is 5.26 Å². The van der Waals surface area contributed by atoms with Crippen LogP contribution in [0, 0.1) is 16.7 Å². The highest BCUT2D eigenvalue weighted by Gasteiger charge is 2.41. The van der Waals surface area contributed by atoms with Crippen molar-refractivity contribution in [2.24, 2.45) is 5.41 Å². The van der Waals surface area contributed by atoms with Crippen LogP contribution in [0.3, 0.4) is 0 Å². The summed E-state index contributed by atoms with van der Waals surface area (Å²) in [7, 11) is 0. The molecule has 1 aliphatic rings. The lowest BCUT2D eigenvalue weighted by molar-refractivity contribution is -0.127. The Balaban J connectivity index is 1.58. The van der Waals surface area contributed by atoms with E-state index < -0.39 is 5.41 Å². The highest BCUT2D eigenvalue weighted by Crippen LogP contribution is 2.37. The third-order valence-electron chi connectivity index (χ3n) is 4.19. The van der Waals surface area contributed by atoms with Crippen molar-refractivity contribution < 1.29 is 4.79 Å². The Morgan fingerprint density at radius 3 is 2.86 bits per heavy atom. The van der Waals surface area contributed by atoms with Crippen LogP contribution < -0.4 is 5.32 Å². The van der Waals surface area contributed by atoms with Crippen molar-refractivity contribution in [3.05, 3.63) is 30.1 Å². The number of aromatic amines is 1. The number of aromatic nitrogens is 2. The molecule has 0 unspecified atom stereocenters. The molecule has 0 saturated heterocycles. The maximum absolute atomic E-state index is 12.2. The Bertz CT molecular complexity index is 659. The summed E-state index contributed by atoms with van der Waals surface area (Å²) in [4.78, 5) is 19.9. The van der Waals surface area contributed by atoms with Crippen LogP contribution in [-0.2, 0) is 11.2 Å². The van der Waals surface area contributed by atoms with Crippen molar-refractivity contribution in [2.45, 2.75) is 32.1 Å². The number of nitrogens with one attached hydrogen (secondary N) is 2. The first kappa shape index (κ1) is 13.6. The van der Waals surface area contributed by atoms with Crippen LogP contribution in [0.4, 0.5) is 0 Å². The van der Waals surface area contributed by atoms with Crippen LogP contribution in [0.25, 0.3) is 11.0 Å². The first-order chi connectivity index (χ1) is 10.2. The van der Waals surface area contributed by atoms with Crippen molar-refractivity contribution in [2.75, 3.05) is 6.54 Å². The predicted molar refractivity (Wildman–Crippen MR) is 79.3 cm³/mol. The van der Waals surface area contributed by atoms with Crippen molar-refractivity contribution in [3.8, 4) is 6.07 Å². The minimum absolute atomic E-state index is 0.126. The van der Waals surface area contributed by atoms with Crippen LogP contribution in [0.15, 0.2) is 24.3 Å². The summed E-state index contributed by atoms with van der Waals surface area (Å²) in [6.45, 7) is 0.502. The van der Waals surface area contributed by atoms with E-state index in [4.69, 9.17) is 0 Å². The fourth-order valence-electron chi connectivity index (χ4n) is 2.96. The second-order valence-corrected chi connectivity index (χ2v) is 5.61. The first-order valence-electron chi connectivity index (χ1n) is 7.37. The molecule has 108 valence electrons. The smallest absolute Gasteiger partial charge is 0.240 e. The van der Waals surface area contributed by atoms with Gasteiger partial charge in [-0.25, -0.2) is 4.98 Å². The maximum atomic E-state index is 12.2. The van der Waals surface area contributed by atoms with Gasteiger partial charge in [0.1, 0.15) is 11.2 Å². The van der Waals surface area contributed by atoms with E-state index in [1.54, 1.807) is 0 Å². The van der Waals surface area contributed by atoms with Gasteiger partial charge in [0.05, 0.1) is 17.1 Å². The van der Waals surface area contributed by atoms with Crippen LogP contribution in [-0.4, -0.2) is 22.4 Å². The monoisotopic (exact) mass is 282 g/mol. The second-order valence-electron chi connectivity index (χ2n) is 5.61. The lowest BCUT2D eigenvalue weighted by atomic mass is 9.87. The van der Waals surface area contributed by atoms with E-state index in [0.717, 1.165) is 29.7 Å². The molecule has 2 aromatic rings. The molecule has 1 saturated carbocycles. The number of imidazole rings is 1. The van der Waals surface area contributed by atoms with Gasteiger partial charge in [-0.1, -0.05) is 25.0 Å². The van der Waals surface area contributed by atoms with E-state index in [1.807, 2.05) is 24.3 Å². The molecular weight excluding hydrogens is 264 g/mol. The highest BCUT2D eigenvalue weighted by molar-refractivity contribution is 5.85. The molecule has 1 aliphatic carbocycles. The van der Waals surface area contributed by atoms with Crippen molar-refractivity contribution in [1.82, 2.24) is 15.3 Å². The van der Waals surface area contributed by atoms with Crippen LogP contribution >= 0.6 is 0 Å². The number of hydrogen-bond donors (Lipinski definition) is 2. The zero-order chi connectivity index (χ0) is 14.7. The molecule has 0 aliphatic heterocycles. The largest absolute Gasteiger partial charge is 0.354 e. The second kappa shape index (κ2) is 5.57. The zero-order valence-corrected chi connectivity index (χ0v) is 11.9. The van der Waals surface area contributed by atoms with Crippen molar-refractivity contribution >= 4 is 16.9 Å². The van der Waals surface area contributed by atoms with E-state index >= 15 is 0 Å². The Morgan fingerprint density at radius 2 is 2.14 bits per heavy atom. The van der Waals surface area contributed by atoms with Gasteiger partial charge in [0.15, 0.2) is 0 Å². The maximum Gasteiger partial charge on any atom is 0.240 e. The van der Waals surface area contributed by atoms with Gasteiger partial charge >= 0.3 is 0 Å². The minimum Gasteiger partial charge on any atom is -0.354 e. The number of fused-ring (bicyclic) bond motifs is 1. The van der Waals surface area contributed by atoms with Crippen LogP contribution in [0.2, 0.25) is 0 Å². The molecule has 0 atom stereocenters. The van der Waals surface area contributed by atoms with Gasteiger partial charge in [-0.2, -0.15) is 5.26 Å². The zero-order valence-electron chi connectivity index (χ0n) is 11.9. The number of amides is 1. The number of rotatable bonds is 4. The molecule has 5 nitrogen and oxygen atoms in total. The van der Waals surface area contributed by atoms with Gasteiger partial charge in [-0.05, 0) is 25.0 Å². The van der Waals surface area contributed by atoms with Gasteiger partial charge in [0.2, 0.25) is 5.91 Å². The molecule has 0 spiro atoms. The van der Waals surface area contributed by atoms with Crippen LogP contribution in [0.5, 0.6) is 0 Å². The Morgan fingerprint density at radius 1 is 1.38 bits per heavy atom. The molecule has 1 heterocycles. The van der Waals surface area contributed by atoms with Gasteiger partial charge < -0.3 is 10.3 Å². The lowest BCUT2D eigenvalue weighted by Gasteiger charge is -2.18. The van der Waals surface area contributed by atoms with Gasteiger partial charge in [-0.15, -0.1) is 0 Å². The summed E-state index contributed by atoms with van der Waals surface area (Å²) >= 11 is 0. The summed E-state index contributed by atoms with van der Waals surface area (Å²) in [5, 5.41) is 12.2. The average Bonchev–Trinajstić information content (AvgIpc) is 3.14. The molecule has 21 heavy (non-hydrogen) atoms. The number of para-hydroxylation sites is 2. The Hall–Kier alpha value is -2.35. The average molecular weight is 282 g/mol. The van der Waals surface area contributed by atoms with Crippen molar-refractivity contribution in [3.63, 3.8) is 0 Å². The summed E-state index contributed by atoms with van der Waals surface area (Å²) in [5.74, 6) is 0.729. The fraction of sp³-hybridized carbons (Fsp3) is 0.438. The number of H-pyrrole nitrogens is 1. The minimum atomic E-state index is -0.798. The number of carbonyl (C=O) groups is 1. The molecule has 1 aromatic carbocycles. The summed E-state index contributed by atoms with van der Waals surface area (Å²) in [5.41, 5.74) is 1.14. The third-order valence-corrected chi connectivity index (χ3v) is 4.19. The molecule has 1 fully saturated rings. The number of nitrogens with zero attached hydrogens (tertiary/aromatic N) is 2. The van der Waals surface area contributed by atoms with E-state index in [-0.39, 0.29) is 5.91 Å². The normalized spacial score (nSPS) is 16.7. The SMILES string of the molecule is N#CC1(C(=O)NCCc2nc3ccccc3[nH]2)CCCC1. The molecule has 1 aromatic heterocycles. The van der Waals surface area contributed by atoms with E-state index in [1.165, 1.54) is 0 Å². The molecule has 3 rings (SSSR count). The summed E-state index contributed by atoms with van der Waals surface area (Å²) in [6, 6.07) is 10.1. The van der Waals surface area contributed by atoms with Gasteiger partial charge in [-0.3, -0.25) is 4.79 Å². The number of hydrogen-bond acceptors (Lipinski definition) is 3. The summed E-state index contributed by atoms with van der Waals surface area (Å²) < 4.78 is 0. The summed E-state index contributed by atoms with van der Waals surface area (Å²) in [6.07, 6.45) is 3.93. The quantitative estimate of drug-likeness (QED) is 0.902. The molecule has 2 N–H and O–H groups in total. The first-order valence-corrected chi connectivity index (χ1v) is 7.37. The number of benzene rings is 1. The van der Waals surface area contributed by atoms with E-state index in [9.17, 15) is 10.1 Å². The van der Waals surface area contributed by atoms with Gasteiger partial charge in [0.25, 0.3) is 0 Å². The molecule has 1 amide bonds. The van der Waals surface area contributed by atoms with E-state index in [0.29, 0.717) is 25.8 Å². The third kappa shape index (κ3) is 2.62.